The van der Waals surface area contributed by atoms with Gasteiger partial charge in [-0.1, -0.05) is 0 Å². The third-order valence-corrected chi connectivity index (χ3v) is 6.08. The van der Waals surface area contributed by atoms with Gasteiger partial charge in [0, 0.05) is 44.6 Å². The summed E-state index contributed by atoms with van der Waals surface area (Å²) in [6, 6.07) is 7.05. The highest BCUT2D eigenvalue weighted by Crippen LogP contribution is 2.20. The maximum absolute atomic E-state index is 12.7. The molecule has 1 saturated heterocycles. The average molecular weight is 369 g/mol. The van der Waals surface area contributed by atoms with Crippen LogP contribution in [0, 0.1) is 0 Å². The predicted octanol–water partition coefficient (Wildman–Crippen LogP) is 1.34. The molecular formula is C17H28N4O3S. The van der Waals surface area contributed by atoms with Crippen molar-refractivity contribution in [3.8, 4) is 0 Å². The minimum atomic E-state index is -3.04. The lowest BCUT2D eigenvalue weighted by Crippen LogP contribution is -2.46. The summed E-state index contributed by atoms with van der Waals surface area (Å²) in [7, 11) is 4.73. The van der Waals surface area contributed by atoms with Crippen molar-refractivity contribution in [2.75, 3.05) is 63.0 Å². The zero-order chi connectivity index (χ0) is 18.6. The molecule has 1 aromatic carbocycles. The fraction of sp³-hybridized carbons (Fsp3) is 0.588. The van der Waals surface area contributed by atoms with Crippen molar-refractivity contribution >= 4 is 27.2 Å². The Hall–Kier alpha value is -1.80. The van der Waals surface area contributed by atoms with E-state index >= 15 is 0 Å². The van der Waals surface area contributed by atoms with Crippen LogP contribution < -0.4 is 10.2 Å². The lowest BCUT2D eigenvalue weighted by atomic mass is 10.2. The molecule has 7 nitrogen and oxygen atoms in total. The Morgan fingerprint density at radius 1 is 1.12 bits per heavy atom. The lowest BCUT2D eigenvalue weighted by molar-refractivity contribution is 0.186. The molecule has 2 rings (SSSR count). The van der Waals surface area contributed by atoms with Gasteiger partial charge in [0.15, 0.2) is 9.84 Å². The zero-order valence-electron chi connectivity index (χ0n) is 15.4. The summed E-state index contributed by atoms with van der Waals surface area (Å²) in [6.07, 6.45) is 0.503. The van der Waals surface area contributed by atoms with Crippen molar-refractivity contribution in [2.24, 2.45) is 0 Å². The van der Waals surface area contributed by atoms with E-state index in [9.17, 15) is 13.2 Å². The Labute approximate surface area is 150 Å². The predicted molar refractivity (Wildman–Crippen MR) is 102 cm³/mol. The Bertz CT molecular complexity index is 686. The quantitative estimate of drug-likeness (QED) is 0.820. The average Bonchev–Trinajstić information content (AvgIpc) is 2.87. The van der Waals surface area contributed by atoms with E-state index in [1.807, 2.05) is 62.3 Å². The summed E-state index contributed by atoms with van der Waals surface area (Å²) >= 11 is 0. The highest BCUT2D eigenvalue weighted by Gasteiger charge is 2.34. The Morgan fingerprint density at radius 3 is 2.24 bits per heavy atom. The zero-order valence-corrected chi connectivity index (χ0v) is 16.2. The summed E-state index contributed by atoms with van der Waals surface area (Å²) in [4.78, 5) is 18.4. The van der Waals surface area contributed by atoms with E-state index in [0.29, 0.717) is 25.2 Å². The van der Waals surface area contributed by atoms with Gasteiger partial charge in [-0.15, -0.1) is 0 Å². The maximum Gasteiger partial charge on any atom is 0.322 e. The molecule has 1 unspecified atom stereocenters. The number of sulfone groups is 1. The van der Waals surface area contributed by atoms with Crippen LogP contribution in [0.2, 0.25) is 0 Å². The molecule has 1 fully saturated rings. The molecule has 0 saturated carbocycles. The van der Waals surface area contributed by atoms with Gasteiger partial charge in [0.25, 0.3) is 0 Å². The highest BCUT2D eigenvalue weighted by molar-refractivity contribution is 7.91. The molecule has 8 heteroatoms. The number of likely N-dealkylation sites (N-methyl/N-ethyl adjacent to an activating group) is 1. The van der Waals surface area contributed by atoms with Gasteiger partial charge < -0.3 is 20.0 Å². The molecule has 0 spiro atoms. The van der Waals surface area contributed by atoms with Crippen LogP contribution in [0.4, 0.5) is 16.2 Å². The number of nitrogens with zero attached hydrogens (tertiary/aromatic N) is 3. The van der Waals surface area contributed by atoms with Gasteiger partial charge in [0.1, 0.15) is 0 Å². The monoisotopic (exact) mass is 368 g/mol. The van der Waals surface area contributed by atoms with E-state index in [4.69, 9.17) is 0 Å². The number of carbonyl (C=O) groups excluding carboxylic acids is 1. The number of benzene rings is 1. The second-order valence-corrected chi connectivity index (χ2v) is 9.15. The Balaban J connectivity index is 2.08. The smallest absolute Gasteiger partial charge is 0.322 e. The summed E-state index contributed by atoms with van der Waals surface area (Å²) in [6.45, 7) is 1.18. The molecule has 25 heavy (non-hydrogen) atoms. The number of hydrogen-bond acceptors (Lipinski definition) is 5. The largest absolute Gasteiger partial charge is 0.378 e. The number of rotatable bonds is 6. The highest BCUT2D eigenvalue weighted by atomic mass is 32.2. The summed E-state index contributed by atoms with van der Waals surface area (Å²) in [5.74, 6) is 0.203. The molecule has 1 heterocycles. The van der Waals surface area contributed by atoms with E-state index in [1.54, 1.807) is 4.90 Å². The van der Waals surface area contributed by atoms with Crippen LogP contribution >= 0.6 is 0 Å². The van der Waals surface area contributed by atoms with Gasteiger partial charge in [-0.2, -0.15) is 0 Å². The number of nitrogens with one attached hydrogen (secondary N) is 1. The van der Waals surface area contributed by atoms with Gasteiger partial charge in [-0.25, -0.2) is 13.2 Å². The molecule has 0 aromatic heterocycles. The van der Waals surface area contributed by atoms with Crippen LogP contribution in [0.25, 0.3) is 0 Å². The first-order valence-corrected chi connectivity index (χ1v) is 10.2. The number of carbonyl (C=O) groups is 1. The third kappa shape index (κ3) is 5.61. The van der Waals surface area contributed by atoms with Crippen molar-refractivity contribution in [2.45, 2.75) is 12.5 Å². The van der Waals surface area contributed by atoms with Crippen molar-refractivity contribution in [1.29, 1.82) is 0 Å². The van der Waals surface area contributed by atoms with Crippen LogP contribution in [0.3, 0.4) is 0 Å². The number of amides is 2. The van der Waals surface area contributed by atoms with E-state index in [-0.39, 0.29) is 23.6 Å². The molecule has 1 atom stereocenters. The van der Waals surface area contributed by atoms with E-state index in [1.165, 1.54) is 0 Å². The first-order valence-electron chi connectivity index (χ1n) is 8.38. The number of anilines is 2. The molecule has 140 valence electrons. The SMILES string of the molecule is CN(C)CCN(C(=O)Nc1ccc(N(C)C)cc1)C1CCS(=O)(=O)C1. The minimum absolute atomic E-state index is 0.0490. The van der Waals surface area contributed by atoms with Crippen molar-refractivity contribution in [1.82, 2.24) is 9.80 Å². The first kappa shape index (κ1) is 19.5. The first-order chi connectivity index (χ1) is 11.7. The van der Waals surface area contributed by atoms with Gasteiger partial charge in [0.2, 0.25) is 0 Å². The summed E-state index contributed by atoms with van der Waals surface area (Å²) in [5, 5.41) is 2.89. The molecule has 0 radical (unpaired) electrons. The van der Waals surface area contributed by atoms with Crippen molar-refractivity contribution < 1.29 is 13.2 Å². The topological polar surface area (TPSA) is 73.0 Å². The summed E-state index contributed by atoms with van der Waals surface area (Å²) < 4.78 is 23.6. The molecule has 0 bridgehead atoms. The Kier molecular flexibility index (Phi) is 6.29. The van der Waals surface area contributed by atoms with Crippen molar-refractivity contribution in [3.63, 3.8) is 0 Å². The molecular weight excluding hydrogens is 340 g/mol. The fourth-order valence-electron chi connectivity index (χ4n) is 2.82. The normalized spacial score (nSPS) is 19.0. The Morgan fingerprint density at radius 2 is 1.76 bits per heavy atom. The van der Waals surface area contributed by atoms with Crippen LogP contribution in [-0.2, 0) is 9.84 Å². The molecule has 2 amide bonds. The molecule has 0 aliphatic carbocycles. The van der Waals surface area contributed by atoms with Gasteiger partial charge in [-0.3, -0.25) is 0 Å². The maximum atomic E-state index is 12.7. The molecule has 1 aliphatic heterocycles. The molecule has 1 N–H and O–H groups in total. The van der Waals surface area contributed by atoms with Crippen LogP contribution in [-0.4, -0.2) is 83.1 Å². The molecule has 1 aliphatic rings. The second-order valence-electron chi connectivity index (χ2n) is 6.92. The third-order valence-electron chi connectivity index (χ3n) is 4.33. The van der Waals surface area contributed by atoms with Crippen LogP contribution in [0.5, 0.6) is 0 Å². The second kappa shape index (κ2) is 8.05. The van der Waals surface area contributed by atoms with E-state index in [2.05, 4.69) is 5.32 Å². The van der Waals surface area contributed by atoms with Crippen molar-refractivity contribution in [3.05, 3.63) is 24.3 Å². The number of hydrogen-bond donors (Lipinski definition) is 1. The minimum Gasteiger partial charge on any atom is -0.378 e. The fourth-order valence-corrected chi connectivity index (χ4v) is 4.55. The van der Waals surface area contributed by atoms with Gasteiger partial charge in [0.05, 0.1) is 11.5 Å². The standard InChI is InChI=1S/C17H28N4O3S/c1-19(2)10-11-21(16-9-12-25(23,24)13-16)17(22)18-14-5-7-15(8-6-14)20(3)4/h5-8,16H,9-13H2,1-4H3,(H,18,22). The van der Waals surface area contributed by atoms with Crippen LogP contribution in [0.15, 0.2) is 24.3 Å². The number of urea groups is 1. The van der Waals surface area contributed by atoms with E-state index in [0.717, 1.165) is 5.69 Å². The summed E-state index contributed by atoms with van der Waals surface area (Å²) in [5.41, 5.74) is 1.75. The van der Waals surface area contributed by atoms with Crippen LogP contribution in [0.1, 0.15) is 6.42 Å². The van der Waals surface area contributed by atoms with Gasteiger partial charge >= 0.3 is 6.03 Å². The van der Waals surface area contributed by atoms with Gasteiger partial charge in [-0.05, 0) is 44.8 Å². The molecule has 1 aromatic rings. The van der Waals surface area contributed by atoms with E-state index < -0.39 is 9.84 Å². The lowest BCUT2D eigenvalue weighted by Gasteiger charge is -2.29.